The summed E-state index contributed by atoms with van der Waals surface area (Å²) in [6, 6.07) is 5.68. The Morgan fingerprint density at radius 1 is 1.43 bits per heavy atom. The summed E-state index contributed by atoms with van der Waals surface area (Å²) in [5.74, 6) is -0.275. The maximum atomic E-state index is 12.2. The third-order valence-corrected chi connectivity index (χ3v) is 4.63. The lowest BCUT2D eigenvalue weighted by molar-refractivity contribution is -0.128. The van der Waals surface area contributed by atoms with Gasteiger partial charge in [-0.05, 0) is 32.0 Å². The number of amides is 1. The van der Waals surface area contributed by atoms with E-state index in [-0.39, 0.29) is 27.9 Å². The van der Waals surface area contributed by atoms with Gasteiger partial charge < -0.3 is 5.32 Å². The third kappa shape index (κ3) is 4.17. The Kier molecular flexibility index (Phi) is 5.34. The van der Waals surface area contributed by atoms with E-state index >= 15 is 0 Å². The number of benzene rings is 1. The van der Waals surface area contributed by atoms with Gasteiger partial charge in [0.25, 0.3) is 0 Å². The van der Waals surface area contributed by atoms with E-state index in [9.17, 15) is 13.2 Å². The fourth-order valence-electron chi connectivity index (χ4n) is 1.53. The molecule has 1 aromatic rings. The van der Waals surface area contributed by atoms with Crippen LogP contribution in [0.3, 0.4) is 0 Å². The summed E-state index contributed by atoms with van der Waals surface area (Å²) >= 11 is 5.82. The first kappa shape index (κ1) is 17.4. The highest BCUT2D eigenvalue weighted by Gasteiger charge is 2.29. The lowest BCUT2D eigenvalue weighted by atomic mass is 9.93. The second-order valence-corrected chi connectivity index (χ2v) is 7.22. The van der Waals surface area contributed by atoms with Crippen molar-refractivity contribution in [1.82, 2.24) is 10.0 Å². The molecular formula is C13H16ClN3O3S. The summed E-state index contributed by atoms with van der Waals surface area (Å²) in [4.78, 5) is 11.6. The van der Waals surface area contributed by atoms with Crippen molar-refractivity contribution in [2.45, 2.75) is 18.7 Å². The largest absolute Gasteiger partial charge is 0.359 e. The van der Waals surface area contributed by atoms with Gasteiger partial charge in [-0.2, -0.15) is 5.26 Å². The number of nitrogens with one attached hydrogen (secondary N) is 2. The molecule has 0 heterocycles. The van der Waals surface area contributed by atoms with Crippen molar-refractivity contribution in [3.05, 3.63) is 28.8 Å². The SMILES string of the molecule is CNC(=O)C(C)(C)CNS(=O)(=O)c1ccc(C#N)c(Cl)c1. The van der Waals surface area contributed by atoms with Crippen molar-refractivity contribution >= 4 is 27.5 Å². The van der Waals surface area contributed by atoms with Crippen LogP contribution in [0.25, 0.3) is 0 Å². The highest BCUT2D eigenvalue weighted by atomic mass is 35.5. The van der Waals surface area contributed by atoms with Crippen LogP contribution in [0.15, 0.2) is 23.1 Å². The molecule has 1 aromatic carbocycles. The Bertz CT molecular complexity index is 693. The molecule has 0 radical (unpaired) electrons. The van der Waals surface area contributed by atoms with E-state index in [0.717, 1.165) is 0 Å². The van der Waals surface area contributed by atoms with Gasteiger partial charge in [-0.1, -0.05) is 11.6 Å². The molecule has 21 heavy (non-hydrogen) atoms. The molecule has 1 rings (SSSR count). The van der Waals surface area contributed by atoms with Crippen molar-refractivity contribution in [3.8, 4) is 6.07 Å². The molecule has 0 unspecified atom stereocenters. The number of rotatable bonds is 5. The molecule has 0 aliphatic carbocycles. The lowest BCUT2D eigenvalue weighted by Gasteiger charge is -2.22. The van der Waals surface area contributed by atoms with E-state index in [1.165, 1.54) is 25.2 Å². The summed E-state index contributed by atoms with van der Waals surface area (Å²) in [5, 5.41) is 11.3. The van der Waals surface area contributed by atoms with Crippen molar-refractivity contribution in [2.75, 3.05) is 13.6 Å². The predicted octanol–water partition coefficient (Wildman–Crippen LogP) is 1.26. The number of nitriles is 1. The molecule has 0 aliphatic rings. The van der Waals surface area contributed by atoms with Gasteiger partial charge in [-0.3, -0.25) is 4.79 Å². The molecule has 0 saturated heterocycles. The Hall–Kier alpha value is -1.62. The maximum Gasteiger partial charge on any atom is 0.240 e. The normalized spacial score (nSPS) is 11.8. The summed E-state index contributed by atoms with van der Waals surface area (Å²) in [6.45, 7) is 3.19. The lowest BCUT2D eigenvalue weighted by Crippen LogP contribution is -2.43. The van der Waals surface area contributed by atoms with Gasteiger partial charge in [0.15, 0.2) is 0 Å². The van der Waals surface area contributed by atoms with Crippen LogP contribution >= 0.6 is 11.6 Å². The van der Waals surface area contributed by atoms with Crippen LogP contribution in [0.5, 0.6) is 0 Å². The number of carbonyl (C=O) groups excluding carboxylic acids is 1. The van der Waals surface area contributed by atoms with E-state index in [2.05, 4.69) is 10.0 Å². The zero-order chi connectivity index (χ0) is 16.3. The van der Waals surface area contributed by atoms with Gasteiger partial charge in [0.2, 0.25) is 15.9 Å². The minimum absolute atomic E-state index is 0.0563. The highest BCUT2D eigenvalue weighted by Crippen LogP contribution is 2.21. The van der Waals surface area contributed by atoms with Gasteiger partial charge in [0, 0.05) is 13.6 Å². The van der Waals surface area contributed by atoms with Crippen LogP contribution in [0.1, 0.15) is 19.4 Å². The summed E-state index contributed by atoms with van der Waals surface area (Å²) in [6.07, 6.45) is 0. The van der Waals surface area contributed by atoms with E-state index in [0.29, 0.717) is 0 Å². The predicted molar refractivity (Wildman–Crippen MR) is 79.2 cm³/mol. The first-order valence-electron chi connectivity index (χ1n) is 6.05. The second kappa shape index (κ2) is 6.43. The number of hydrogen-bond donors (Lipinski definition) is 2. The fourth-order valence-corrected chi connectivity index (χ4v) is 3.06. The average molecular weight is 330 g/mol. The van der Waals surface area contributed by atoms with Gasteiger partial charge in [-0.15, -0.1) is 0 Å². The van der Waals surface area contributed by atoms with E-state index in [4.69, 9.17) is 16.9 Å². The zero-order valence-corrected chi connectivity index (χ0v) is 13.5. The number of carbonyl (C=O) groups is 1. The third-order valence-electron chi connectivity index (χ3n) is 2.92. The van der Waals surface area contributed by atoms with Crippen LogP contribution < -0.4 is 10.0 Å². The molecule has 0 spiro atoms. The van der Waals surface area contributed by atoms with Crippen molar-refractivity contribution in [2.24, 2.45) is 5.41 Å². The molecule has 8 heteroatoms. The van der Waals surface area contributed by atoms with Crippen molar-refractivity contribution in [3.63, 3.8) is 0 Å². The quantitative estimate of drug-likeness (QED) is 0.849. The molecule has 6 nitrogen and oxygen atoms in total. The Morgan fingerprint density at radius 2 is 2.05 bits per heavy atom. The minimum Gasteiger partial charge on any atom is -0.359 e. The van der Waals surface area contributed by atoms with Crippen molar-refractivity contribution < 1.29 is 13.2 Å². The first-order valence-corrected chi connectivity index (χ1v) is 7.91. The average Bonchev–Trinajstić information content (AvgIpc) is 2.44. The molecule has 2 N–H and O–H groups in total. The molecule has 0 aliphatic heterocycles. The van der Waals surface area contributed by atoms with Crippen LogP contribution in [0.2, 0.25) is 5.02 Å². The van der Waals surface area contributed by atoms with E-state index < -0.39 is 15.4 Å². The molecule has 0 bridgehead atoms. The monoisotopic (exact) mass is 329 g/mol. The molecule has 114 valence electrons. The molecule has 0 saturated carbocycles. The van der Waals surface area contributed by atoms with Gasteiger partial charge in [0.05, 0.1) is 20.9 Å². The second-order valence-electron chi connectivity index (χ2n) is 5.04. The van der Waals surface area contributed by atoms with Crippen LogP contribution in [0.4, 0.5) is 0 Å². The Labute approximate surface area is 129 Å². The topological polar surface area (TPSA) is 99.1 Å². The molecule has 0 atom stereocenters. The van der Waals surface area contributed by atoms with Gasteiger partial charge in [0.1, 0.15) is 6.07 Å². The molecule has 0 fully saturated rings. The van der Waals surface area contributed by atoms with Crippen molar-refractivity contribution in [1.29, 1.82) is 5.26 Å². The standard InChI is InChI=1S/C13H16ClN3O3S/c1-13(2,12(18)16-3)8-17-21(19,20)10-5-4-9(7-15)11(14)6-10/h4-6,17H,8H2,1-3H3,(H,16,18). The smallest absolute Gasteiger partial charge is 0.240 e. The first-order chi connectivity index (χ1) is 9.64. The number of hydrogen-bond acceptors (Lipinski definition) is 4. The van der Waals surface area contributed by atoms with Crippen LogP contribution in [-0.2, 0) is 14.8 Å². The van der Waals surface area contributed by atoms with Gasteiger partial charge in [-0.25, -0.2) is 13.1 Å². The zero-order valence-electron chi connectivity index (χ0n) is 11.9. The van der Waals surface area contributed by atoms with Crippen LogP contribution in [0, 0.1) is 16.7 Å². The Morgan fingerprint density at radius 3 is 2.52 bits per heavy atom. The highest BCUT2D eigenvalue weighted by molar-refractivity contribution is 7.89. The number of sulfonamides is 1. The number of halogens is 1. The molecular weight excluding hydrogens is 314 g/mol. The fraction of sp³-hybridized carbons (Fsp3) is 0.385. The van der Waals surface area contributed by atoms with Crippen LogP contribution in [-0.4, -0.2) is 27.9 Å². The minimum atomic E-state index is -3.81. The summed E-state index contributed by atoms with van der Waals surface area (Å²) in [7, 11) is -2.32. The molecule has 1 amide bonds. The van der Waals surface area contributed by atoms with E-state index in [1.54, 1.807) is 13.8 Å². The number of nitrogens with zero attached hydrogens (tertiary/aromatic N) is 1. The van der Waals surface area contributed by atoms with Gasteiger partial charge >= 0.3 is 0 Å². The molecule has 0 aromatic heterocycles. The Balaban J connectivity index is 2.96. The summed E-state index contributed by atoms with van der Waals surface area (Å²) < 4.78 is 26.7. The summed E-state index contributed by atoms with van der Waals surface area (Å²) in [5.41, 5.74) is -0.695. The van der Waals surface area contributed by atoms with E-state index in [1.807, 2.05) is 6.07 Å². The maximum absolute atomic E-state index is 12.2.